The van der Waals surface area contributed by atoms with Crippen LogP contribution in [0.2, 0.25) is 0 Å². The fourth-order valence-electron chi connectivity index (χ4n) is 4.09. The normalized spacial score (nSPS) is 47.6. The third kappa shape index (κ3) is 1.50. The number of allylic oxidation sites excluding steroid dienone is 1. The van der Waals surface area contributed by atoms with Gasteiger partial charge in [-0.05, 0) is 38.5 Å². The van der Waals surface area contributed by atoms with Gasteiger partial charge in [0.05, 0.1) is 5.60 Å². The summed E-state index contributed by atoms with van der Waals surface area (Å²) in [6.45, 7) is 9.90. The van der Waals surface area contributed by atoms with Crippen molar-refractivity contribution in [2.24, 2.45) is 17.8 Å². The van der Waals surface area contributed by atoms with Crippen LogP contribution >= 0.6 is 0 Å². The molecule has 2 saturated carbocycles. The van der Waals surface area contributed by atoms with E-state index in [-0.39, 0.29) is 29.8 Å². The fourth-order valence-corrected chi connectivity index (χ4v) is 4.09. The van der Waals surface area contributed by atoms with Crippen LogP contribution < -0.4 is 0 Å². The summed E-state index contributed by atoms with van der Waals surface area (Å²) >= 11 is 0. The molecule has 1 heterocycles. The number of hydrogen-bond donors (Lipinski definition) is 1. The third-order valence-corrected chi connectivity index (χ3v) is 5.12. The maximum Gasteiger partial charge on any atom is 0.334 e. The van der Waals surface area contributed by atoms with Crippen molar-refractivity contribution in [3.63, 3.8) is 0 Å². The molecular weight excluding hydrogens is 228 g/mol. The number of ether oxygens (including phenoxy) is 1. The topological polar surface area (TPSA) is 46.5 Å². The highest BCUT2D eigenvalue weighted by Crippen LogP contribution is 2.53. The van der Waals surface area contributed by atoms with E-state index in [1.54, 1.807) is 0 Å². The zero-order chi connectivity index (χ0) is 13.1. The zero-order valence-electron chi connectivity index (χ0n) is 10.8. The molecule has 5 atom stereocenters. The first-order valence-corrected chi connectivity index (χ1v) is 6.71. The number of fused-ring (bicyclic) bond motifs is 3. The molecule has 0 spiro atoms. The molecule has 0 radical (unpaired) electrons. The molecule has 3 heteroatoms. The van der Waals surface area contributed by atoms with Gasteiger partial charge < -0.3 is 9.84 Å². The molecule has 3 rings (SSSR count). The Morgan fingerprint density at radius 1 is 1.33 bits per heavy atom. The van der Waals surface area contributed by atoms with Crippen molar-refractivity contribution in [2.75, 3.05) is 0 Å². The minimum Gasteiger partial charge on any atom is -0.458 e. The second-order valence-electron chi connectivity index (χ2n) is 6.23. The van der Waals surface area contributed by atoms with E-state index < -0.39 is 5.60 Å². The van der Waals surface area contributed by atoms with E-state index in [1.807, 2.05) is 6.92 Å². The molecule has 0 aromatic rings. The van der Waals surface area contributed by atoms with Gasteiger partial charge in [0.1, 0.15) is 6.10 Å². The van der Waals surface area contributed by atoms with Gasteiger partial charge in [-0.1, -0.05) is 18.7 Å². The maximum atomic E-state index is 11.7. The van der Waals surface area contributed by atoms with Crippen molar-refractivity contribution < 1.29 is 14.6 Å². The molecule has 3 aliphatic rings. The highest BCUT2D eigenvalue weighted by Gasteiger charge is 2.56. The molecule has 98 valence electrons. The van der Waals surface area contributed by atoms with Gasteiger partial charge in [-0.15, -0.1) is 0 Å². The second-order valence-corrected chi connectivity index (χ2v) is 6.23. The van der Waals surface area contributed by atoms with Crippen LogP contribution in [0, 0.1) is 17.8 Å². The summed E-state index contributed by atoms with van der Waals surface area (Å²) in [4.78, 5) is 11.7. The summed E-state index contributed by atoms with van der Waals surface area (Å²) < 4.78 is 5.52. The highest BCUT2D eigenvalue weighted by atomic mass is 16.6. The lowest BCUT2D eigenvalue weighted by atomic mass is 9.77. The monoisotopic (exact) mass is 248 g/mol. The first-order chi connectivity index (χ1) is 8.42. The summed E-state index contributed by atoms with van der Waals surface area (Å²) in [6, 6.07) is 0. The van der Waals surface area contributed by atoms with E-state index in [1.165, 1.54) is 5.57 Å². The first-order valence-electron chi connectivity index (χ1n) is 6.71. The van der Waals surface area contributed by atoms with Crippen LogP contribution in [-0.4, -0.2) is 22.8 Å². The Labute approximate surface area is 108 Å². The molecule has 3 fully saturated rings. The molecule has 0 amide bonds. The predicted molar refractivity (Wildman–Crippen MR) is 67.7 cm³/mol. The van der Waals surface area contributed by atoms with E-state index in [9.17, 15) is 9.90 Å². The van der Waals surface area contributed by atoms with Gasteiger partial charge in [0.2, 0.25) is 0 Å². The molecule has 2 aliphatic carbocycles. The van der Waals surface area contributed by atoms with Crippen LogP contribution in [0.1, 0.15) is 32.6 Å². The van der Waals surface area contributed by atoms with Crippen molar-refractivity contribution in [1.82, 2.24) is 0 Å². The van der Waals surface area contributed by atoms with E-state index in [0.29, 0.717) is 5.57 Å². The van der Waals surface area contributed by atoms with Crippen LogP contribution in [0.5, 0.6) is 0 Å². The lowest BCUT2D eigenvalue weighted by Gasteiger charge is -2.34. The molecule has 3 nitrogen and oxygen atoms in total. The van der Waals surface area contributed by atoms with Gasteiger partial charge in [0.25, 0.3) is 0 Å². The first kappa shape index (κ1) is 12.0. The highest BCUT2D eigenvalue weighted by molar-refractivity contribution is 5.90. The molecule has 1 saturated heterocycles. The van der Waals surface area contributed by atoms with Gasteiger partial charge in [0.15, 0.2) is 0 Å². The summed E-state index contributed by atoms with van der Waals surface area (Å²) in [6.07, 6.45) is 3.29. The number of carbonyl (C=O) groups is 1. The van der Waals surface area contributed by atoms with Gasteiger partial charge in [-0.3, -0.25) is 0 Å². The molecule has 1 aliphatic heterocycles. The quantitative estimate of drug-likeness (QED) is 0.406. The van der Waals surface area contributed by atoms with Gasteiger partial charge in [-0.25, -0.2) is 4.79 Å². The number of aliphatic hydroxyl groups is 1. The predicted octanol–water partition coefficient (Wildman–Crippen LogP) is 2.21. The SMILES string of the molecule is C=C1C(=O)O[C@@H]2[C@@H]3[C@@H](CC[C@@]3(C)O)C(=C)CC[C@H]12. The zero-order valence-corrected chi connectivity index (χ0v) is 10.8. The van der Waals surface area contributed by atoms with Crippen molar-refractivity contribution in [3.05, 3.63) is 24.3 Å². The largest absolute Gasteiger partial charge is 0.458 e. The van der Waals surface area contributed by atoms with Crippen molar-refractivity contribution in [1.29, 1.82) is 0 Å². The third-order valence-electron chi connectivity index (χ3n) is 5.12. The van der Waals surface area contributed by atoms with Crippen LogP contribution in [0.15, 0.2) is 24.3 Å². The second kappa shape index (κ2) is 3.70. The van der Waals surface area contributed by atoms with Gasteiger partial charge in [-0.2, -0.15) is 0 Å². The molecular formula is C15H20O3. The Kier molecular flexibility index (Phi) is 2.46. The molecule has 0 bridgehead atoms. The van der Waals surface area contributed by atoms with Crippen molar-refractivity contribution in [3.8, 4) is 0 Å². The summed E-state index contributed by atoms with van der Waals surface area (Å²) in [5, 5.41) is 10.6. The minimum atomic E-state index is -0.758. The van der Waals surface area contributed by atoms with Gasteiger partial charge >= 0.3 is 5.97 Å². The lowest BCUT2D eigenvalue weighted by molar-refractivity contribution is -0.146. The average molecular weight is 248 g/mol. The van der Waals surface area contributed by atoms with E-state index >= 15 is 0 Å². The van der Waals surface area contributed by atoms with Gasteiger partial charge in [0, 0.05) is 17.4 Å². The number of esters is 1. The Bertz CT molecular complexity index is 435. The number of carbonyl (C=O) groups excluding carboxylic acids is 1. The molecule has 1 N–H and O–H groups in total. The minimum absolute atomic E-state index is 0.0132. The maximum absolute atomic E-state index is 11.7. The molecule has 0 aromatic heterocycles. The van der Waals surface area contributed by atoms with Crippen molar-refractivity contribution >= 4 is 5.97 Å². The summed E-state index contributed by atoms with van der Waals surface area (Å²) in [5.41, 5.74) is 1.03. The average Bonchev–Trinajstić information content (AvgIpc) is 2.69. The smallest absolute Gasteiger partial charge is 0.334 e. The van der Waals surface area contributed by atoms with Crippen LogP contribution in [0.25, 0.3) is 0 Å². The van der Waals surface area contributed by atoms with Crippen LogP contribution in [-0.2, 0) is 9.53 Å². The van der Waals surface area contributed by atoms with Crippen molar-refractivity contribution in [2.45, 2.75) is 44.3 Å². The number of rotatable bonds is 0. The Balaban J connectivity index is 2.02. The summed E-state index contributed by atoms with van der Waals surface area (Å²) in [5.74, 6) is 0.0576. The standard InChI is InChI=1S/C15H20O3/c1-8-4-5-11-9(2)14(16)18-13(11)12-10(8)6-7-15(12,3)17/h10-13,17H,1-2,4-7H2,3H3/t10-,11+,12-,13-,15+/m0/s1. The Hall–Kier alpha value is -1.09. The van der Waals surface area contributed by atoms with E-state index in [0.717, 1.165) is 25.7 Å². The number of hydrogen-bond acceptors (Lipinski definition) is 3. The van der Waals surface area contributed by atoms with E-state index in [2.05, 4.69) is 13.2 Å². The molecule has 0 aromatic carbocycles. The van der Waals surface area contributed by atoms with E-state index in [4.69, 9.17) is 4.74 Å². The Morgan fingerprint density at radius 2 is 2.06 bits per heavy atom. The molecule has 18 heavy (non-hydrogen) atoms. The fraction of sp³-hybridized carbons (Fsp3) is 0.667. The lowest BCUT2D eigenvalue weighted by Crippen LogP contribution is -2.42. The molecule has 0 unspecified atom stereocenters. The van der Waals surface area contributed by atoms with Crippen LogP contribution in [0.4, 0.5) is 0 Å². The summed E-state index contributed by atoms with van der Waals surface area (Å²) in [7, 11) is 0. The van der Waals surface area contributed by atoms with Crippen LogP contribution in [0.3, 0.4) is 0 Å². The Morgan fingerprint density at radius 3 is 2.78 bits per heavy atom.